The molecule has 2 rings (SSSR count). The molecule has 0 aromatic heterocycles. The lowest BCUT2D eigenvalue weighted by atomic mass is 9.86. The van der Waals surface area contributed by atoms with E-state index in [1.807, 2.05) is 6.07 Å². The van der Waals surface area contributed by atoms with Gasteiger partial charge in [0, 0.05) is 0 Å². The van der Waals surface area contributed by atoms with Gasteiger partial charge in [0.2, 0.25) is 0 Å². The predicted octanol–water partition coefficient (Wildman–Crippen LogP) is 2.86. The highest BCUT2D eigenvalue weighted by Gasteiger charge is 2.24. The van der Waals surface area contributed by atoms with Crippen molar-refractivity contribution in [3.63, 3.8) is 0 Å². The van der Waals surface area contributed by atoms with Crippen LogP contribution in [0.5, 0.6) is 0 Å². The molecule has 94 valence electrons. The molecule has 3 heteroatoms. The number of rotatable bonds is 4. The lowest BCUT2D eigenvalue weighted by molar-refractivity contribution is -0.0183. The molecule has 1 saturated carbocycles. The van der Waals surface area contributed by atoms with Gasteiger partial charge in [0.05, 0.1) is 12.7 Å². The maximum absolute atomic E-state index is 13.0. The maximum atomic E-state index is 13.0. The molecule has 1 fully saturated rings. The lowest BCUT2D eigenvalue weighted by Crippen LogP contribution is -2.33. The Bertz CT molecular complexity index is 356. The molecule has 0 saturated heterocycles. The summed E-state index contributed by atoms with van der Waals surface area (Å²) in [6.45, 7) is 1.17. The van der Waals surface area contributed by atoms with Gasteiger partial charge in [-0.2, -0.15) is 0 Å². The van der Waals surface area contributed by atoms with E-state index in [0.717, 1.165) is 18.4 Å². The Morgan fingerprint density at radius 1 is 1.29 bits per heavy atom. The number of benzene rings is 1. The molecule has 2 N–H and O–H groups in total. The summed E-state index contributed by atoms with van der Waals surface area (Å²) in [5.41, 5.74) is 6.64. The van der Waals surface area contributed by atoms with Crippen LogP contribution < -0.4 is 5.73 Å². The van der Waals surface area contributed by atoms with Crippen molar-refractivity contribution in [2.24, 2.45) is 11.7 Å². The minimum Gasteiger partial charge on any atom is -0.373 e. The van der Waals surface area contributed by atoms with Gasteiger partial charge >= 0.3 is 0 Å². The molecule has 2 unspecified atom stereocenters. The zero-order valence-electron chi connectivity index (χ0n) is 10.1. The lowest BCUT2D eigenvalue weighted by Gasteiger charge is -2.30. The number of halogens is 1. The van der Waals surface area contributed by atoms with Crippen LogP contribution in [-0.4, -0.2) is 12.6 Å². The average Bonchev–Trinajstić information content (AvgIpc) is 2.37. The summed E-state index contributed by atoms with van der Waals surface area (Å²) in [6.07, 6.45) is 4.95. The van der Waals surface area contributed by atoms with Gasteiger partial charge in [-0.3, -0.25) is 0 Å². The Morgan fingerprint density at radius 3 is 2.88 bits per heavy atom. The first-order valence-corrected chi connectivity index (χ1v) is 6.35. The highest BCUT2D eigenvalue weighted by atomic mass is 19.1. The fraction of sp³-hybridized carbons (Fsp3) is 0.571. The van der Waals surface area contributed by atoms with Gasteiger partial charge in [0.1, 0.15) is 5.82 Å². The van der Waals surface area contributed by atoms with E-state index in [1.54, 1.807) is 6.07 Å². The summed E-state index contributed by atoms with van der Waals surface area (Å²) < 4.78 is 18.9. The van der Waals surface area contributed by atoms with Crippen LogP contribution in [0.2, 0.25) is 0 Å². The summed E-state index contributed by atoms with van der Waals surface area (Å²) in [6, 6.07) is 6.59. The fourth-order valence-corrected chi connectivity index (χ4v) is 2.49. The fourth-order valence-electron chi connectivity index (χ4n) is 2.49. The summed E-state index contributed by atoms with van der Waals surface area (Å²) >= 11 is 0. The number of hydrogen-bond donors (Lipinski definition) is 1. The largest absolute Gasteiger partial charge is 0.373 e. The average molecular weight is 237 g/mol. The number of nitrogens with two attached hydrogens (primary N) is 1. The van der Waals surface area contributed by atoms with Crippen LogP contribution in [0.4, 0.5) is 4.39 Å². The second-order valence-corrected chi connectivity index (χ2v) is 4.76. The molecule has 1 aromatic rings. The maximum Gasteiger partial charge on any atom is 0.123 e. The van der Waals surface area contributed by atoms with Crippen molar-refractivity contribution in [1.82, 2.24) is 0 Å². The van der Waals surface area contributed by atoms with Crippen molar-refractivity contribution in [1.29, 1.82) is 0 Å². The molecule has 0 heterocycles. The van der Waals surface area contributed by atoms with Crippen LogP contribution in [0.15, 0.2) is 24.3 Å². The molecular weight excluding hydrogens is 217 g/mol. The third-order valence-electron chi connectivity index (χ3n) is 3.50. The molecule has 0 amide bonds. The monoisotopic (exact) mass is 237 g/mol. The standard InChI is InChI=1S/C14H20FNO/c15-13-6-3-4-11(8-13)10-17-14-7-2-1-5-12(14)9-16/h3-4,6,8,12,14H,1-2,5,7,9-10,16H2. The molecule has 1 aliphatic carbocycles. The summed E-state index contributed by atoms with van der Waals surface area (Å²) in [5, 5.41) is 0. The molecule has 1 aliphatic rings. The van der Waals surface area contributed by atoms with Gasteiger partial charge < -0.3 is 10.5 Å². The number of ether oxygens (including phenoxy) is 1. The molecular formula is C14H20FNO. The Morgan fingerprint density at radius 2 is 2.12 bits per heavy atom. The highest BCUT2D eigenvalue weighted by molar-refractivity contribution is 5.15. The minimum absolute atomic E-state index is 0.204. The molecule has 0 bridgehead atoms. The van der Waals surface area contributed by atoms with E-state index in [-0.39, 0.29) is 11.9 Å². The van der Waals surface area contributed by atoms with Crippen LogP contribution in [0, 0.1) is 11.7 Å². The Kier molecular flexibility index (Phi) is 4.51. The van der Waals surface area contributed by atoms with E-state index in [9.17, 15) is 4.39 Å². The van der Waals surface area contributed by atoms with Gasteiger partial charge in [0.15, 0.2) is 0 Å². The molecule has 0 spiro atoms. The van der Waals surface area contributed by atoms with Crippen molar-refractivity contribution < 1.29 is 9.13 Å². The first kappa shape index (κ1) is 12.5. The second kappa shape index (κ2) is 6.12. The van der Waals surface area contributed by atoms with Crippen molar-refractivity contribution in [2.75, 3.05) is 6.54 Å². The van der Waals surface area contributed by atoms with E-state index in [2.05, 4.69) is 0 Å². The van der Waals surface area contributed by atoms with Crippen LogP contribution in [0.3, 0.4) is 0 Å². The van der Waals surface area contributed by atoms with Crippen LogP contribution in [0.1, 0.15) is 31.2 Å². The summed E-state index contributed by atoms with van der Waals surface area (Å²) in [5.74, 6) is 0.266. The third-order valence-corrected chi connectivity index (χ3v) is 3.50. The van der Waals surface area contributed by atoms with Gasteiger partial charge in [0.25, 0.3) is 0 Å². The number of hydrogen-bond acceptors (Lipinski definition) is 2. The zero-order valence-corrected chi connectivity index (χ0v) is 10.1. The Labute approximate surface area is 102 Å². The molecule has 2 nitrogen and oxygen atoms in total. The zero-order chi connectivity index (χ0) is 12.1. The molecule has 2 atom stereocenters. The third kappa shape index (κ3) is 3.51. The first-order chi connectivity index (χ1) is 8.29. The topological polar surface area (TPSA) is 35.2 Å². The van der Waals surface area contributed by atoms with E-state index in [0.29, 0.717) is 19.1 Å². The summed E-state index contributed by atoms with van der Waals surface area (Å²) in [7, 11) is 0. The second-order valence-electron chi connectivity index (χ2n) is 4.76. The molecule has 17 heavy (non-hydrogen) atoms. The van der Waals surface area contributed by atoms with Gasteiger partial charge in [-0.1, -0.05) is 25.0 Å². The van der Waals surface area contributed by atoms with E-state index in [4.69, 9.17) is 10.5 Å². The van der Waals surface area contributed by atoms with Crippen LogP contribution in [-0.2, 0) is 11.3 Å². The Balaban J connectivity index is 1.88. The van der Waals surface area contributed by atoms with Crippen LogP contribution >= 0.6 is 0 Å². The minimum atomic E-state index is -0.204. The van der Waals surface area contributed by atoms with Crippen molar-refractivity contribution in [3.05, 3.63) is 35.6 Å². The molecule has 0 aliphatic heterocycles. The van der Waals surface area contributed by atoms with Gasteiger partial charge in [-0.05, 0) is 43.0 Å². The summed E-state index contributed by atoms with van der Waals surface area (Å²) in [4.78, 5) is 0. The normalized spacial score (nSPS) is 24.8. The highest BCUT2D eigenvalue weighted by Crippen LogP contribution is 2.26. The quantitative estimate of drug-likeness (QED) is 0.874. The van der Waals surface area contributed by atoms with Crippen LogP contribution in [0.25, 0.3) is 0 Å². The molecule has 1 aromatic carbocycles. The van der Waals surface area contributed by atoms with Crippen molar-refractivity contribution in [2.45, 2.75) is 38.4 Å². The SMILES string of the molecule is NCC1CCCCC1OCc1cccc(F)c1. The van der Waals surface area contributed by atoms with Crippen molar-refractivity contribution >= 4 is 0 Å². The molecule has 0 radical (unpaired) electrons. The van der Waals surface area contributed by atoms with Gasteiger partial charge in [-0.25, -0.2) is 4.39 Å². The van der Waals surface area contributed by atoms with E-state index in [1.165, 1.54) is 25.0 Å². The van der Waals surface area contributed by atoms with E-state index < -0.39 is 0 Å². The first-order valence-electron chi connectivity index (χ1n) is 6.35. The smallest absolute Gasteiger partial charge is 0.123 e. The van der Waals surface area contributed by atoms with Gasteiger partial charge in [-0.15, -0.1) is 0 Å². The predicted molar refractivity (Wildman–Crippen MR) is 66.0 cm³/mol. The van der Waals surface area contributed by atoms with E-state index >= 15 is 0 Å². The Hall–Kier alpha value is -0.930. The van der Waals surface area contributed by atoms with Crippen molar-refractivity contribution in [3.8, 4) is 0 Å².